The van der Waals surface area contributed by atoms with Crippen molar-refractivity contribution in [2.24, 2.45) is 5.92 Å². The molecular formula is C10H23N. The third-order valence-electron chi connectivity index (χ3n) is 2.87. The topological polar surface area (TPSA) is 12.0 Å². The first-order valence-corrected chi connectivity index (χ1v) is 4.73. The van der Waals surface area contributed by atoms with E-state index in [1.807, 2.05) is 7.05 Å². The Hall–Kier alpha value is -0.0400. The van der Waals surface area contributed by atoms with Crippen molar-refractivity contribution >= 4 is 0 Å². The van der Waals surface area contributed by atoms with Gasteiger partial charge >= 0.3 is 0 Å². The maximum Gasteiger partial charge on any atom is 0.0147 e. The van der Waals surface area contributed by atoms with Gasteiger partial charge in [0, 0.05) is 5.54 Å². The van der Waals surface area contributed by atoms with Crippen LogP contribution in [0.15, 0.2) is 0 Å². The molecule has 0 aliphatic heterocycles. The molecule has 0 aromatic heterocycles. The van der Waals surface area contributed by atoms with E-state index in [2.05, 4.69) is 33.0 Å². The fourth-order valence-electron chi connectivity index (χ4n) is 1.12. The Morgan fingerprint density at radius 2 is 1.91 bits per heavy atom. The zero-order valence-corrected chi connectivity index (χ0v) is 8.70. The predicted octanol–water partition coefficient (Wildman–Crippen LogP) is 2.81. The Morgan fingerprint density at radius 1 is 1.36 bits per heavy atom. The van der Waals surface area contributed by atoms with E-state index in [9.17, 15) is 0 Å². The van der Waals surface area contributed by atoms with Crippen molar-refractivity contribution in [3.8, 4) is 0 Å². The number of hydrogen-bond acceptors (Lipinski definition) is 1. The van der Waals surface area contributed by atoms with Gasteiger partial charge in [-0.2, -0.15) is 0 Å². The summed E-state index contributed by atoms with van der Waals surface area (Å²) >= 11 is 0. The molecule has 0 aliphatic carbocycles. The Kier molecular flexibility index (Phi) is 4.74. The van der Waals surface area contributed by atoms with Gasteiger partial charge in [-0.1, -0.05) is 26.7 Å². The molecule has 0 aromatic rings. The van der Waals surface area contributed by atoms with Gasteiger partial charge in [0.2, 0.25) is 0 Å². The molecule has 68 valence electrons. The molecule has 1 atom stereocenters. The first-order valence-electron chi connectivity index (χ1n) is 4.73. The number of hydrogen-bond donors (Lipinski definition) is 1. The van der Waals surface area contributed by atoms with Crippen LogP contribution in [0.2, 0.25) is 0 Å². The van der Waals surface area contributed by atoms with E-state index < -0.39 is 0 Å². The summed E-state index contributed by atoms with van der Waals surface area (Å²) in [4.78, 5) is 0. The Bertz CT molecular complexity index is 97.0. The molecule has 0 radical (unpaired) electrons. The molecule has 11 heavy (non-hydrogen) atoms. The molecule has 1 N–H and O–H groups in total. The monoisotopic (exact) mass is 157 g/mol. The van der Waals surface area contributed by atoms with E-state index in [-0.39, 0.29) is 0 Å². The lowest BCUT2D eigenvalue weighted by atomic mass is 9.85. The van der Waals surface area contributed by atoms with Crippen LogP contribution in [0.25, 0.3) is 0 Å². The lowest BCUT2D eigenvalue weighted by Gasteiger charge is -2.31. The molecule has 0 rings (SSSR count). The molecule has 0 heterocycles. The van der Waals surface area contributed by atoms with Crippen molar-refractivity contribution < 1.29 is 0 Å². The molecule has 1 nitrogen and oxygen atoms in total. The summed E-state index contributed by atoms with van der Waals surface area (Å²) in [7, 11) is 2.04. The maximum absolute atomic E-state index is 3.35. The highest BCUT2D eigenvalue weighted by atomic mass is 14.9. The summed E-state index contributed by atoms with van der Waals surface area (Å²) in [5, 5.41) is 3.35. The van der Waals surface area contributed by atoms with Crippen molar-refractivity contribution in [1.82, 2.24) is 5.32 Å². The maximum atomic E-state index is 3.35. The van der Waals surface area contributed by atoms with E-state index in [1.54, 1.807) is 0 Å². The van der Waals surface area contributed by atoms with Crippen LogP contribution in [0.3, 0.4) is 0 Å². The lowest BCUT2D eigenvalue weighted by molar-refractivity contribution is 0.269. The van der Waals surface area contributed by atoms with Crippen LogP contribution in [0.1, 0.15) is 47.0 Å². The second-order valence-corrected chi connectivity index (χ2v) is 4.01. The molecule has 1 heteroatoms. The smallest absolute Gasteiger partial charge is 0.0147 e. The van der Waals surface area contributed by atoms with Crippen molar-refractivity contribution in [1.29, 1.82) is 0 Å². The number of nitrogens with one attached hydrogen (secondary N) is 1. The van der Waals surface area contributed by atoms with Crippen LogP contribution in [0, 0.1) is 5.92 Å². The molecule has 0 saturated heterocycles. The summed E-state index contributed by atoms with van der Waals surface area (Å²) in [5.74, 6) is 0.771. The Labute approximate surface area is 71.6 Å². The molecule has 0 spiro atoms. The summed E-state index contributed by atoms with van der Waals surface area (Å²) in [5.41, 5.74) is 0.301. The fourth-order valence-corrected chi connectivity index (χ4v) is 1.12. The highest BCUT2D eigenvalue weighted by molar-refractivity contribution is 4.81. The molecular weight excluding hydrogens is 134 g/mol. The summed E-state index contributed by atoms with van der Waals surface area (Å²) < 4.78 is 0. The van der Waals surface area contributed by atoms with Gasteiger partial charge in [0.25, 0.3) is 0 Å². The van der Waals surface area contributed by atoms with E-state index >= 15 is 0 Å². The van der Waals surface area contributed by atoms with E-state index in [1.165, 1.54) is 19.3 Å². The quantitative estimate of drug-likeness (QED) is 0.647. The van der Waals surface area contributed by atoms with Crippen LogP contribution in [0.5, 0.6) is 0 Å². The molecule has 0 amide bonds. The minimum atomic E-state index is 0.301. The van der Waals surface area contributed by atoms with Gasteiger partial charge in [-0.3, -0.25) is 0 Å². The zero-order chi connectivity index (χ0) is 8.91. The molecule has 1 unspecified atom stereocenters. The minimum absolute atomic E-state index is 0.301. The van der Waals surface area contributed by atoms with Gasteiger partial charge in [-0.25, -0.2) is 0 Å². The molecule has 0 bridgehead atoms. The van der Waals surface area contributed by atoms with Crippen LogP contribution < -0.4 is 5.32 Å². The number of rotatable bonds is 5. The molecule has 0 aromatic carbocycles. The van der Waals surface area contributed by atoms with Gasteiger partial charge in [-0.15, -0.1) is 0 Å². The first kappa shape index (κ1) is 11.0. The third-order valence-corrected chi connectivity index (χ3v) is 2.87. The summed E-state index contributed by atoms with van der Waals surface area (Å²) in [6.07, 6.45) is 4.00. The van der Waals surface area contributed by atoms with E-state index in [0.717, 1.165) is 5.92 Å². The second kappa shape index (κ2) is 4.76. The van der Waals surface area contributed by atoms with Crippen LogP contribution in [-0.2, 0) is 0 Å². The van der Waals surface area contributed by atoms with Crippen molar-refractivity contribution in [3.63, 3.8) is 0 Å². The predicted molar refractivity (Wildman–Crippen MR) is 51.8 cm³/mol. The van der Waals surface area contributed by atoms with Crippen LogP contribution in [0.4, 0.5) is 0 Å². The lowest BCUT2D eigenvalue weighted by Crippen LogP contribution is -2.42. The summed E-state index contributed by atoms with van der Waals surface area (Å²) in [6.45, 7) is 9.12. The van der Waals surface area contributed by atoms with Gasteiger partial charge in [0.1, 0.15) is 0 Å². The van der Waals surface area contributed by atoms with E-state index in [0.29, 0.717) is 5.54 Å². The molecule has 0 aliphatic rings. The van der Waals surface area contributed by atoms with Gasteiger partial charge in [0.05, 0.1) is 0 Å². The molecule has 0 saturated carbocycles. The van der Waals surface area contributed by atoms with Crippen LogP contribution in [-0.4, -0.2) is 12.6 Å². The fraction of sp³-hybridized carbons (Fsp3) is 1.00. The largest absolute Gasteiger partial charge is 0.315 e. The highest BCUT2D eigenvalue weighted by Gasteiger charge is 2.22. The van der Waals surface area contributed by atoms with Gasteiger partial charge in [0.15, 0.2) is 0 Å². The van der Waals surface area contributed by atoms with Gasteiger partial charge in [-0.05, 0) is 33.2 Å². The Morgan fingerprint density at radius 3 is 2.27 bits per heavy atom. The average molecular weight is 157 g/mol. The van der Waals surface area contributed by atoms with Crippen molar-refractivity contribution in [2.75, 3.05) is 7.05 Å². The minimum Gasteiger partial charge on any atom is -0.315 e. The van der Waals surface area contributed by atoms with Gasteiger partial charge < -0.3 is 5.32 Å². The standard InChI is InChI=1S/C10H23N/c1-6-7-8-9(2)10(3,4)11-5/h9,11H,6-8H2,1-5H3. The van der Waals surface area contributed by atoms with Crippen LogP contribution >= 0.6 is 0 Å². The summed E-state index contributed by atoms with van der Waals surface area (Å²) in [6, 6.07) is 0. The van der Waals surface area contributed by atoms with Crippen molar-refractivity contribution in [2.45, 2.75) is 52.5 Å². The van der Waals surface area contributed by atoms with E-state index in [4.69, 9.17) is 0 Å². The first-order chi connectivity index (χ1) is 5.04. The second-order valence-electron chi connectivity index (χ2n) is 4.01. The number of unbranched alkanes of at least 4 members (excludes halogenated alkanes) is 1. The van der Waals surface area contributed by atoms with Crippen molar-refractivity contribution in [3.05, 3.63) is 0 Å². The third kappa shape index (κ3) is 3.76. The SMILES string of the molecule is CCCCC(C)C(C)(C)NC. The Balaban J connectivity index is 3.71. The molecule has 0 fully saturated rings. The average Bonchev–Trinajstić information content (AvgIpc) is 2.00. The highest BCUT2D eigenvalue weighted by Crippen LogP contribution is 2.20. The zero-order valence-electron chi connectivity index (χ0n) is 8.70. The normalized spacial score (nSPS) is 15.0.